The maximum absolute atomic E-state index is 13.1. The molecule has 2 N–H and O–H groups in total. The van der Waals surface area contributed by atoms with Gasteiger partial charge in [-0.25, -0.2) is 3.97 Å². The van der Waals surface area contributed by atoms with E-state index in [1.54, 1.807) is 18.3 Å². The van der Waals surface area contributed by atoms with E-state index in [1.165, 1.54) is 6.07 Å². The van der Waals surface area contributed by atoms with Gasteiger partial charge in [0.2, 0.25) is 0 Å². The molecule has 0 radical (unpaired) electrons. The molecule has 2 aromatic heterocycles. The lowest BCUT2D eigenvalue weighted by Crippen LogP contribution is -2.09. The molecule has 0 bridgehead atoms. The Bertz CT molecular complexity index is 1310. The summed E-state index contributed by atoms with van der Waals surface area (Å²) in [6, 6.07) is 10.4. The zero-order valence-corrected chi connectivity index (χ0v) is 16.9. The summed E-state index contributed by atoms with van der Waals surface area (Å²) in [6.07, 6.45) is 2.74. The average Bonchev–Trinajstić information content (AvgIpc) is 3.14. The number of ketones is 1. The number of aromatic nitrogens is 2. The van der Waals surface area contributed by atoms with Crippen LogP contribution in [-0.4, -0.2) is 27.7 Å². The lowest BCUT2D eigenvalue weighted by Gasteiger charge is -2.00. The number of aromatic amines is 1. The lowest BCUT2D eigenvalue weighted by molar-refractivity contribution is 0.104. The minimum atomic E-state index is -4.55. The first-order chi connectivity index (χ1) is 12.3. The molecular weight excluding hydrogens is 488 g/mol. The maximum Gasteiger partial charge on any atom is 0.363 e. The summed E-state index contributed by atoms with van der Waals surface area (Å²) in [5, 5.41) is 1.16. The predicted octanol–water partition coefficient (Wildman–Crippen LogP) is 4.53. The Morgan fingerprint density at radius 1 is 1.00 bits per heavy atom. The fourth-order valence-corrected chi connectivity index (χ4v) is 4.32. The van der Waals surface area contributed by atoms with Crippen LogP contribution in [-0.2, 0) is 10.3 Å². The van der Waals surface area contributed by atoms with E-state index < -0.39 is 10.3 Å². The van der Waals surface area contributed by atoms with Gasteiger partial charge in [0.05, 0.1) is 5.52 Å². The summed E-state index contributed by atoms with van der Waals surface area (Å²) in [4.78, 5) is 16.2. The molecule has 6 nitrogen and oxygen atoms in total. The van der Waals surface area contributed by atoms with Crippen molar-refractivity contribution in [1.29, 1.82) is 0 Å². The van der Waals surface area contributed by atoms with E-state index in [9.17, 15) is 17.8 Å². The quantitative estimate of drug-likeness (QED) is 0.321. The molecule has 0 aliphatic carbocycles. The SMILES string of the molecule is O=C(c1c[nH]c2cc(Br)ccc12)c1cn(S(=O)(=O)O)c2cc(Br)ccc12. The first kappa shape index (κ1) is 17.5. The summed E-state index contributed by atoms with van der Waals surface area (Å²) >= 11 is 6.65. The van der Waals surface area contributed by atoms with Gasteiger partial charge in [0.1, 0.15) is 0 Å². The first-order valence-corrected chi connectivity index (χ1v) is 10.3. The lowest BCUT2D eigenvalue weighted by atomic mass is 10.0. The smallest absolute Gasteiger partial charge is 0.360 e. The van der Waals surface area contributed by atoms with Gasteiger partial charge < -0.3 is 4.98 Å². The number of carbonyl (C=O) groups is 1. The van der Waals surface area contributed by atoms with Gasteiger partial charge in [-0.05, 0) is 24.3 Å². The molecule has 9 heteroatoms. The van der Waals surface area contributed by atoms with Crippen LogP contribution < -0.4 is 0 Å². The van der Waals surface area contributed by atoms with Gasteiger partial charge in [-0.3, -0.25) is 9.35 Å². The molecular formula is C17H10Br2N2O4S. The van der Waals surface area contributed by atoms with Crippen molar-refractivity contribution in [2.75, 3.05) is 0 Å². The Morgan fingerprint density at radius 2 is 1.65 bits per heavy atom. The molecule has 2 aromatic carbocycles. The topological polar surface area (TPSA) is 92.2 Å². The number of nitrogens with one attached hydrogen (secondary N) is 1. The minimum absolute atomic E-state index is 0.189. The first-order valence-electron chi connectivity index (χ1n) is 7.35. The Kier molecular flexibility index (Phi) is 4.07. The third-order valence-corrected chi connectivity index (χ3v) is 5.90. The monoisotopic (exact) mass is 496 g/mol. The van der Waals surface area contributed by atoms with Gasteiger partial charge in [0.25, 0.3) is 0 Å². The number of carbonyl (C=O) groups excluding carboxylic acids is 1. The van der Waals surface area contributed by atoms with E-state index in [0.29, 0.717) is 19.4 Å². The second-order valence-electron chi connectivity index (χ2n) is 5.70. The number of halogens is 2. The normalized spacial score (nSPS) is 12.1. The van der Waals surface area contributed by atoms with Crippen LogP contribution in [0.2, 0.25) is 0 Å². The van der Waals surface area contributed by atoms with Crippen molar-refractivity contribution in [2.24, 2.45) is 0 Å². The molecule has 0 saturated carbocycles. The van der Waals surface area contributed by atoms with Crippen molar-refractivity contribution in [3.05, 3.63) is 68.9 Å². The van der Waals surface area contributed by atoms with Crippen LogP contribution in [0.1, 0.15) is 15.9 Å². The average molecular weight is 498 g/mol. The summed E-state index contributed by atoms with van der Waals surface area (Å²) < 4.78 is 35.1. The fraction of sp³-hybridized carbons (Fsp3) is 0. The van der Waals surface area contributed by atoms with Gasteiger partial charge in [-0.15, -0.1) is 0 Å². The number of nitrogens with zero attached hydrogens (tertiary/aromatic N) is 1. The summed E-state index contributed by atoms with van der Waals surface area (Å²) in [6.45, 7) is 0. The van der Waals surface area contributed by atoms with Crippen molar-refractivity contribution in [3.8, 4) is 0 Å². The third-order valence-electron chi connectivity index (χ3n) is 4.12. The molecule has 0 unspecified atom stereocenters. The zero-order valence-electron chi connectivity index (χ0n) is 12.9. The molecule has 0 amide bonds. The van der Waals surface area contributed by atoms with Gasteiger partial charge in [-0.2, -0.15) is 8.42 Å². The predicted molar refractivity (Wildman–Crippen MR) is 106 cm³/mol. The Morgan fingerprint density at radius 3 is 2.35 bits per heavy atom. The summed E-state index contributed by atoms with van der Waals surface area (Å²) in [5.74, 6) is -0.340. The number of hydrogen-bond acceptors (Lipinski definition) is 3. The number of benzene rings is 2. The van der Waals surface area contributed by atoms with Gasteiger partial charge in [0.15, 0.2) is 5.78 Å². The second-order valence-corrected chi connectivity index (χ2v) is 8.82. The Balaban J connectivity index is 1.97. The van der Waals surface area contributed by atoms with Crippen molar-refractivity contribution < 1.29 is 17.8 Å². The Hall–Kier alpha value is -1.94. The zero-order chi connectivity index (χ0) is 18.6. The molecule has 0 spiro atoms. The molecule has 0 aliphatic heterocycles. The number of hydrogen-bond donors (Lipinski definition) is 2. The van der Waals surface area contributed by atoms with Crippen LogP contribution in [0, 0.1) is 0 Å². The second kappa shape index (κ2) is 6.05. The largest absolute Gasteiger partial charge is 0.363 e. The Labute approximate surface area is 165 Å². The van der Waals surface area contributed by atoms with E-state index in [4.69, 9.17) is 0 Å². The van der Waals surface area contributed by atoms with Gasteiger partial charge in [-0.1, -0.05) is 44.0 Å². The third kappa shape index (κ3) is 2.81. The minimum Gasteiger partial charge on any atom is -0.360 e. The van der Waals surface area contributed by atoms with E-state index in [2.05, 4.69) is 36.8 Å². The molecule has 132 valence electrons. The van der Waals surface area contributed by atoms with Gasteiger partial charge in [0, 0.05) is 48.8 Å². The summed E-state index contributed by atoms with van der Waals surface area (Å²) in [7, 11) is -4.55. The van der Waals surface area contributed by atoms with Crippen LogP contribution in [0.15, 0.2) is 57.7 Å². The maximum atomic E-state index is 13.1. The number of rotatable bonds is 3. The van der Waals surface area contributed by atoms with Crippen molar-refractivity contribution in [2.45, 2.75) is 0 Å². The van der Waals surface area contributed by atoms with Crippen LogP contribution >= 0.6 is 31.9 Å². The fourth-order valence-electron chi connectivity index (χ4n) is 2.97. The van der Waals surface area contributed by atoms with Crippen molar-refractivity contribution >= 4 is 69.8 Å². The molecule has 0 fully saturated rings. The molecule has 2 heterocycles. The molecule has 4 rings (SSSR count). The molecule has 0 saturated heterocycles. The highest BCUT2D eigenvalue weighted by Gasteiger charge is 2.23. The number of H-pyrrole nitrogens is 1. The van der Waals surface area contributed by atoms with E-state index in [-0.39, 0.29) is 16.9 Å². The number of fused-ring (bicyclic) bond motifs is 2. The van der Waals surface area contributed by atoms with Crippen molar-refractivity contribution in [1.82, 2.24) is 8.96 Å². The standard InChI is InChI=1S/C17H10Br2N2O4S/c18-9-1-3-11-13(7-20-15(11)5-9)17(22)14-8-21(26(23,24)25)16-6-10(19)2-4-12(14)16/h1-8,20H,(H,23,24,25). The highest BCUT2D eigenvalue weighted by atomic mass is 79.9. The van der Waals surface area contributed by atoms with Crippen LogP contribution in [0.25, 0.3) is 21.8 Å². The van der Waals surface area contributed by atoms with Crippen LogP contribution in [0.4, 0.5) is 0 Å². The van der Waals surface area contributed by atoms with E-state index in [0.717, 1.165) is 21.6 Å². The molecule has 0 atom stereocenters. The summed E-state index contributed by atoms with van der Waals surface area (Å²) in [5.41, 5.74) is 1.61. The van der Waals surface area contributed by atoms with Gasteiger partial charge >= 0.3 is 10.3 Å². The molecule has 26 heavy (non-hydrogen) atoms. The van der Waals surface area contributed by atoms with E-state index in [1.807, 2.05) is 18.2 Å². The molecule has 4 aromatic rings. The van der Waals surface area contributed by atoms with Crippen LogP contribution in [0.3, 0.4) is 0 Å². The van der Waals surface area contributed by atoms with E-state index >= 15 is 0 Å². The van der Waals surface area contributed by atoms with Crippen LogP contribution in [0.5, 0.6) is 0 Å². The molecule has 0 aliphatic rings. The highest BCUT2D eigenvalue weighted by molar-refractivity contribution is 9.10. The highest BCUT2D eigenvalue weighted by Crippen LogP contribution is 2.30. The van der Waals surface area contributed by atoms with Crippen molar-refractivity contribution in [3.63, 3.8) is 0 Å².